The van der Waals surface area contributed by atoms with Crippen molar-refractivity contribution in [1.82, 2.24) is 5.32 Å². The molecule has 1 aromatic rings. The Kier molecular flexibility index (Phi) is 3.93. The van der Waals surface area contributed by atoms with Crippen molar-refractivity contribution < 1.29 is 4.79 Å². The van der Waals surface area contributed by atoms with Gasteiger partial charge in [0.2, 0.25) is 5.91 Å². The summed E-state index contributed by atoms with van der Waals surface area (Å²) in [6.45, 7) is 5.85. The molecule has 0 bridgehead atoms. The molecule has 1 aromatic carbocycles. The van der Waals surface area contributed by atoms with E-state index in [0.717, 1.165) is 25.2 Å². The average Bonchev–Trinajstić information content (AvgIpc) is 2.79. The molecule has 98 valence electrons. The van der Waals surface area contributed by atoms with Crippen molar-refractivity contribution in [2.24, 2.45) is 11.3 Å². The Morgan fingerprint density at radius 1 is 1.50 bits per heavy atom. The molecule has 1 aliphatic rings. The maximum Gasteiger partial charge on any atom is 0.232 e. The summed E-state index contributed by atoms with van der Waals surface area (Å²) in [5.74, 6) is 0.399. The van der Waals surface area contributed by atoms with Gasteiger partial charge in [0, 0.05) is 17.3 Å². The van der Waals surface area contributed by atoms with Crippen molar-refractivity contribution in [3.63, 3.8) is 0 Å². The molecule has 18 heavy (non-hydrogen) atoms. The lowest BCUT2D eigenvalue weighted by Crippen LogP contribution is -2.42. The Morgan fingerprint density at radius 3 is 2.83 bits per heavy atom. The minimum atomic E-state index is -0.303. The van der Waals surface area contributed by atoms with E-state index in [9.17, 15) is 4.79 Å². The lowest BCUT2D eigenvalue weighted by molar-refractivity contribution is -0.126. The molecule has 4 heteroatoms. The Morgan fingerprint density at radius 2 is 2.28 bits per heavy atom. The van der Waals surface area contributed by atoms with Crippen molar-refractivity contribution in [2.75, 3.05) is 18.4 Å². The van der Waals surface area contributed by atoms with Gasteiger partial charge in [-0.15, -0.1) is 0 Å². The third-order valence-electron chi connectivity index (χ3n) is 3.83. The summed E-state index contributed by atoms with van der Waals surface area (Å²) in [7, 11) is 0. The highest BCUT2D eigenvalue weighted by molar-refractivity contribution is 6.30. The Labute approximate surface area is 113 Å². The molecule has 2 N–H and O–H groups in total. The monoisotopic (exact) mass is 266 g/mol. The van der Waals surface area contributed by atoms with Crippen LogP contribution in [0.3, 0.4) is 0 Å². The second kappa shape index (κ2) is 5.29. The van der Waals surface area contributed by atoms with Crippen LogP contribution in [0.15, 0.2) is 24.3 Å². The molecule has 1 saturated heterocycles. The van der Waals surface area contributed by atoms with E-state index in [2.05, 4.69) is 24.5 Å². The number of hydrogen-bond acceptors (Lipinski definition) is 2. The topological polar surface area (TPSA) is 41.1 Å². The van der Waals surface area contributed by atoms with Crippen LogP contribution >= 0.6 is 11.6 Å². The van der Waals surface area contributed by atoms with Gasteiger partial charge in [-0.2, -0.15) is 0 Å². The van der Waals surface area contributed by atoms with Gasteiger partial charge in [-0.3, -0.25) is 4.79 Å². The van der Waals surface area contributed by atoms with E-state index in [1.807, 2.05) is 12.1 Å². The summed E-state index contributed by atoms with van der Waals surface area (Å²) in [6, 6.07) is 7.27. The van der Waals surface area contributed by atoms with E-state index in [-0.39, 0.29) is 11.3 Å². The van der Waals surface area contributed by atoms with Gasteiger partial charge < -0.3 is 10.6 Å². The molecule has 0 aliphatic carbocycles. The van der Waals surface area contributed by atoms with Crippen LogP contribution in [-0.4, -0.2) is 19.0 Å². The fraction of sp³-hybridized carbons (Fsp3) is 0.500. The molecule has 1 heterocycles. The first-order chi connectivity index (χ1) is 8.54. The molecule has 1 amide bonds. The van der Waals surface area contributed by atoms with Gasteiger partial charge in [-0.05, 0) is 37.1 Å². The highest BCUT2D eigenvalue weighted by Crippen LogP contribution is 2.35. The van der Waals surface area contributed by atoms with E-state index < -0.39 is 0 Å². The van der Waals surface area contributed by atoms with Crippen molar-refractivity contribution in [2.45, 2.75) is 20.3 Å². The van der Waals surface area contributed by atoms with Gasteiger partial charge in [0.1, 0.15) is 0 Å². The van der Waals surface area contributed by atoms with E-state index in [1.165, 1.54) is 0 Å². The number of amides is 1. The summed E-state index contributed by atoms with van der Waals surface area (Å²) in [5.41, 5.74) is 0.460. The number of rotatable bonds is 3. The molecule has 0 radical (unpaired) electrons. The fourth-order valence-electron chi connectivity index (χ4n) is 2.48. The Bertz CT molecular complexity index is 439. The third kappa shape index (κ3) is 2.52. The maximum absolute atomic E-state index is 12.5. The van der Waals surface area contributed by atoms with Crippen LogP contribution in [0.25, 0.3) is 0 Å². The molecular weight excluding hydrogens is 248 g/mol. The second-order valence-electron chi connectivity index (χ2n) is 5.20. The second-order valence-corrected chi connectivity index (χ2v) is 5.64. The fourth-order valence-corrected chi connectivity index (χ4v) is 2.67. The number of halogens is 1. The quantitative estimate of drug-likeness (QED) is 0.883. The van der Waals surface area contributed by atoms with Crippen molar-refractivity contribution in [3.8, 4) is 0 Å². The molecule has 0 aromatic heterocycles. The van der Waals surface area contributed by atoms with Crippen molar-refractivity contribution in [3.05, 3.63) is 29.3 Å². The zero-order valence-corrected chi connectivity index (χ0v) is 11.6. The Hall–Kier alpha value is -1.06. The van der Waals surface area contributed by atoms with Gasteiger partial charge >= 0.3 is 0 Å². The average molecular weight is 267 g/mol. The van der Waals surface area contributed by atoms with Crippen LogP contribution in [0.2, 0.25) is 5.02 Å². The standard InChI is InChI=1S/C14H19ClN2O/c1-10(2)14(6-7-16-9-14)13(18)17-12-5-3-4-11(15)8-12/h3-5,8,10,16H,6-7,9H2,1-2H3,(H,17,18). The van der Waals surface area contributed by atoms with Crippen LogP contribution in [-0.2, 0) is 4.79 Å². The van der Waals surface area contributed by atoms with Crippen molar-refractivity contribution in [1.29, 1.82) is 0 Å². The normalized spacial score (nSPS) is 23.3. The van der Waals surface area contributed by atoms with Gasteiger partial charge in [-0.1, -0.05) is 31.5 Å². The molecule has 3 nitrogen and oxygen atoms in total. The largest absolute Gasteiger partial charge is 0.326 e. The molecule has 0 saturated carbocycles. The first-order valence-corrected chi connectivity index (χ1v) is 6.70. The number of nitrogens with one attached hydrogen (secondary N) is 2. The van der Waals surface area contributed by atoms with Crippen LogP contribution in [0.1, 0.15) is 20.3 Å². The van der Waals surface area contributed by atoms with Gasteiger partial charge in [-0.25, -0.2) is 0 Å². The highest BCUT2D eigenvalue weighted by Gasteiger charge is 2.43. The maximum atomic E-state index is 12.5. The van der Waals surface area contributed by atoms with E-state index >= 15 is 0 Å². The molecular formula is C14H19ClN2O. The van der Waals surface area contributed by atoms with Gasteiger partial charge in [0.15, 0.2) is 0 Å². The van der Waals surface area contributed by atoms with Crippen LogP contribution in [0, 0.1) is 11.3 Å². The summed E-state index contributed by atoms with van der Waals surface area (Å²) >= 11 is 5.92. The SMILES string of the molecule is CC(C)C1(C(=O)Nc2cccc(Cl)c2)CCNC1. The molecule has 1 fully saturated rings. The Balaban J connectivity index is 2.16. The zero-order chi connectivity index (χ0) is 13.2. The lowest BCUT2D eigenvalue weighted by atomic mass is 9.75. The predicted molar refractivity (Wildman–Crippen MR) is 74.8 cm³/mol. The number of carbonyl (C=O) groups is 1. The van der Waals surface area contributed by atoms with Crippen LogP contribution in [0.4, 0.5) is 5.69 Å². The smallest absolute Gasteiger partial charge is 0.232 e. The van der Waals surface area contributed by atoms with Crippen LogP contribution in [0.5, 0.6) is 0 Å². The minimum Gasteiger partial charge on any atom is -0.326 e. The summed E-state index contributed by atoms with van der Waals surface area (Å²) in [4.78, 5) is 12.5. The van der Waals surface area contributed by atoms with Gasteiger partial charge in [0.25, 0.3) is 0 Å². The lowest BCUT2D eigenvalue weighted by Gasteiger charge is -2.31. The number of benzene rings is 1. The molecule has 1 atom stereocenters. The first-order valence-electron chi connectivity index (χ1n) is 6.32. The first kappa shape index (κ1) is 13.4. The summed E-state index contributed by atoms with van der Waals surface area (Å²) in [5, 5.41) is 6.90. The number of carbonyl (C=O) groups excluding carboxylic acids is 1. The highest BCUT2D eigenvalue weighted by atomic mass is 35.5. The molecule has 2 rings (SSSR count). The number of anilines is 1. The van der Waals surface area contributed by atoms with Crippen molar-refractivity contribution >= 4 is 23.2 Å². The summed E-state index contributed by atoms with van der Waals surface area (Å²) in [6.07, 6.45) is 0.886. The van der Waals surface area contributed by atoms with Crippen LogP contribution < -0.4 is 10.6 Å². The van der Waals surface area contributed by atoms with E-state index in [0.29, 0.717) is 10.9 Å². The predicted octanol–water partition coefficient (Wildman–Crippen LogP) is 2.91. The molecule has 0 spiro atoms. The number of hydrogen-bond donors (Lipinski definition) is 2. The van der Waals surface area contributed by atoms with E-state index in [1.54, 1.807) is 12.1 Å². The third-order valence-corrected chi connectivity index (χ3v) is 4.06. The molecule has 1 aliphatic heterocycles. The zero-order valence-electron chi connectivity index (χ0n) is 10.8. The minimum absolute atomic E-state index is 0.0877. The van der Waals surface area contributed by atoms with Gasteiger partial charge in [0.05, 0.1) is 5.41 Å². The summed E-state index contributed by atoms with van der Waals surface area (Å²) < 4.78 is 0. The molecule has 1 unspecified atom stereocenters. The van der Waals surface area contributed by atoms with E-state index in [4.69, 9.17) is 11.6 Å².